The Balaban J connectivity index is 2.90. The lowest BCUT2D eigenvalue weighted by atomic mass is 10.1. The summed E-state index contributed by atoms with van der Waals surface area (Å²) in [5.41, 5.74) is 1.20. The number of carbonyl (C=O) groups is 2. The van der Waals surface area contributed by atoms with Crippen LogP contribution in [0.3, 0.4) is 0 Å². The first-order chi connectivity index (χ1) is 8.32. The SMILES string of the molecule is Cc1c(C(=O)OC(C)C)c[nH]c1C(=O)OC(C)C. The molecule has 5 heteroatoms. The number of hydrogen-bond donors (Lipinski definition) is 1. The van der Waals surface area contributed by atoms with Gasteiger partial charge in [-0.2, -0.15) is 0 Å². The predicted molar refractivity (Wildman–Crippen MR) is 66.6 cm³/mol. The summed E-state index contributed by atoms with van der Waals surface area (Å²) < 4.78 is 10.1. The fourth-order valence-electron chi connectivity index (χ4n) is 1.47. The maximum absolute atomic E-state index is 11.7. The Morgan fingerprint density at radius 3 is 2.06 bits per heavy atom. The Hall–Kier alpha value is -1.78. The second kappa shape index (κ2) is 5.71. The smallest absolute Gasteiger partial charge is 0.355 e. The molecule has 0 unspecified atom stereocenters. The van der Waals surface area contributed by atoms with Crippen molar-refractivity contribution in [1.29, 1.82) is 0 Å². The van der Waals surface area contributed by atoms with Gasteiger partial charge in [0, 0.05) is 6.20 Å². The van der Waals surface area contributed by atoms with Gasteiger partial charge in [-0.15, -0.1) is 0 Å². The van der Waals surface area contributed by atoms with Crippen LogP contribution < -0.4 is 0 Å². The molecular formula is C13H19NO4. The third-order valence-corrected chi connectivity index (χ3v) is 2.25. The van der Waals surface area contributed by atoms with Gasteiger partial charge >= 0.3 is 11.9 Å². The van der Waals surface area contributed by atoms with Gasteiger partial charge in [0.15, 0.2) is 0 Å². The van der Waals surface area contributed by atoms with Crippen molar-refractivity contribution in [3.05, 3.63) is 23.0 Å². The van der Waals surface area contributed by atoms with Gasteiger partial charge in [-0.1, -0.05) is 0 Å². The molecule has 1 aromatic rings. The number of aromatic nitrogens is 1. The van der Waals surface area contributed by atoms with E-state index in [1.165, 1.54) is 6.20 Å². The molecule has 0 radical (unpaired) electrons. The molecule has 0 atom stereocenters. The van der Waals surface area contributed by atoms with E-state index >= 15 is 0 Å². The van der Waals surface area contributed by atoms with Crippen LogP contribution in [0.2, 0.25) is 0 Å². The van der Waals surface area contributed by atoms with Crippen molar-refractivity contribution in [3.8, 4) is 0 Å². The molecule has 0 aliphatic carbocycles. The molecule has 0 aliphatic heterocycles. The highest BCUT2D eigenvalue weighted by Gasteiger charge is 2.21. The van der Waals surface area contributed by atoms with Crippen LogP contribution in [0.4, 0.5) is 0 Å². The predicted octanol–water partition coefficient (Wildman–Crippen LogP) is 2.45. The molecule has 0 saturated heterocycles. The Kier molecular flexibility index (Phi) is 4.53. The largest absolute Gasteiger partial charge is 0.459 e. The van der Waals surface area contributed by atoms with Crippen LogP contribution in [0.15, 0.2) is 6.20 Å². The van der Waals surface area contributed by atoms with Gasteiger partial charge in [-0.3, -0.25) is 0 Å². The van der Waals surface area contributed by atoms with Gasteiger partial charge in [0.2, 0.25) is 0 Å². The van der Waals surface area contributed by atoms with E-state index in [0.29, 0.717) is 16.8 Å². The summed E-state index contributed by atoms with van der Waals surface area (Å²) in [5.74, 6) is -0.909. The molecular weight excluding hydrogens is 234 g/mol. The van der Waals surface area contributed by atoms with Gasteiger partial charge in [0.1, 0.15) is 5.69 Å². The van der Waals surface area contributed by atoms with Gasteiger partial charge in [0.05, 0.1) is 17.8 Å². The standard InChI is InChI=1S/C13H19NO4/c1-7(2)17-12(15)10-6-14-11(9(10)5)13(16)18-8(3)4/h6-8,14H,1-5H3. The van der Waals surface area contributed by atoms with Crippen LogP contribution in [0.25, 0.3) is 0 Å². The molecule has 5 nitrogen and oxygen atoms in total. The molecule has 100 valence electrons. The van der Waals surface area contributed by atoms with Crippen molar-refractivity contribution >= 4 is 11.9 Å². The molecule has 18 heavy (non-hydrogen) atoms. The first-order valence-corrected chi connectivity index (χ1v) is 5.92. The van der Waals surface area contributed by atoms with Crippen LogP contribution in [0.1, 0.15) is 54.1 Å². The number of H-pyrrole nitrogens is 1. The Labute approximate surface area is 106 Å². The molecule has 1 heterocycles. The van der Waals surface area contributed by atoms with Crippen molar-refractivity contribution < 1.29 is 19.1 Å². The molecule has 0 bridgehead atoms. The lowest BCUT2D eigenvalue weighted by molar-refractivity contribution is 0.0369. The fourth-order valence-corrected chi connectivity index (χ4v) is 1.47. The quantitative estimate of drug-likeness (QED) is 0.837. The van der Waals surface area contributed by atoms with E-state index in [0.717, 1.165) is 0 Å². The van der Waals surface area contributed by atoms with E-state index < -0.39 is 11.9 Å². The van der Waals surface area contributed by atoms with Crippen molar-refractivity contribution in [2.24, 2.45) is 0 Å². The Bertz CT molecular complexity index is 406. The fraction of sp³-hybridized carbons (Fsp3) is 0.538. The minimum Gasteiger partial charge on any atom is -0.459 e. The third-order valence-electron chi connectivity index (χ3n) is 2.25. The Morgan fingerprint density at radius 1 is 1.06 bits per heavy atom. The van der Waals surface area contributed by atoms with Gasteiger partial charge < -0.3 is 14.5 Å². The molecule has 0 aromatic carbocycles. The number of aromatic amines is 1. The molecule has 0 fully saturated rings. The van der Waals surface area contributed by atoms with Crippen molar-refractivity contribution in [2.75, 3.05) is 0 Å². The molecule has 0 aliphatic rings. The molecule has 1 N–H and O–H groups in total. The van der Waals surface area contributed by atoms with Crippen LogP contribution in [-0.4, -0.2) is 29.1 Å². The Morgan fingerprint density at radius 2 is 1.56 bits per heavy atom. The first kappa shape index (κ1) is 14.3. The van der Waals surface area contributed by atoms with E-state index in [1.807, 2.05) is 0 Å². The van der Waals surface area contributed by atoms with Gasteiger partial charge in [-0.05, 0) is 40.2 Å². The van der Waals surface area contributed by atoms with E-state index in [-0.39, 0.29) is 12.2 Å². The highest BCUT2D eigenvalue weighted by Crippen LogP contribution is 2.16. The average molecular weight is 253 g/mol. The maximum Gasteiger partial charge on any atom is 0.355 e. The monoisotopic (exact) mass is 253 g/mol. The second-order valence-electron chi connectivity index (χ2n) is 4.61. The highest BCUT2D eigenvalue weighted by molar-refractivity contribution is 5.97. The average Bonchev–Trinajstić information content (AvgIpc) is 2.57. The van der Waals surface area contributed by atoms with Crippen molar-refractivity contribution in [2.45, 2.75) is 46.8 Å². The second-order valence-corrected chi connectivity index (χ2v) is 4.61. The molecule has 0 amide bonds. The first-order valence-electron chi connectivity index (χ1n) is 5.92. The van der Waals surface area contributed by atoms with Crippen LogP contribution in [0.5, 0.6) is 0 Å². The number of carbonyl (C=O) groups excluding carboxylic acids is 2. The van der Waals surface area contributed by atoms with E-state index in [9.17, 15) is 9.59 Å². The number of hydrogen-bond acceptors (Lipinski definition) is 4. The zero-order valence-electron chi connectivity index (χ0n) is 11.4. The number of ether oxygens (including phenoxy) is 2. The zero-order valence-corrected chi connectivity index (χ0v) is 11.4. The zero-order chi connectivity index (χ0) is 13.9. The summed E-state index contributed by atoms with van der Waals surface area (Å²) in [4.78, 5) is 26.2. The highest BCUT2D eigenvalue weighted by atomic mass is 16.5. The third kappa shape index (κ3) is 3.35. The lowest BCUT2D eigenvalue weighted by Gasteiger charge is -2.08. The van der Waals surface area contributed by atoms with Crippen LogP contribution in [0, 0.1) is 6.92 Å². The van der Waals surface area contributed by atoms with E-state index in [2.05, 4.69) is 4.98 Å². The molecule has 0 spiro atoms. The van der Waals surface area contributed by atoms with Crippen LogP contribution in [-0.2, 0) is 9.47 Å². The van der Waals surface area contributed by atoms with Gasteiger partial charge in [-0.25, -0.2) is 9.59 Å². The number of rotatable bonds is 4. The topological polar surface area (TPSA) is 68.4 Å². The number of esters is 2. The summed E-state index contributed by atoms with van der Waals surface area (Å²) in [6, 6.07) is 0. The molecule has 1 rings (SSSR count). The number of nitrogens with one attached hydrogen (secondary N) is 1. The lowest BCUT2D eigenvalue weighted by Crippen LogP contribution is -2.14. The summed E-state index contributed by atoms with van der Waals surface area (Å²) in [6.07, 6.45) is 1.07. The molecule has 1 aromatic heterocycles. The summed E-state index contributed by atoms with van der Waals surface area (Å²) in [5, 5.41) is 0. The van der Waals surface area contributed by atoms with Crippen molar-refractivity contribution in [3.63, 3.8) is 0 Å². The summed E-state index contributed by atoms with van der Waals surface area (Å²) in [6.45, 7) is 8.76. The summed E-state index contributed by atoms with van der Waals surface area (Å²) in [7, 11) is 0. The van der Waals surface area contributed by atoms with Gasteiger partial charge in [0.25, 0.3) is 0 Å². The normalized spacial score (nSPS) is 10.8. The minimum absolute atomic E-state index is 0.196. The maximum atomic E-state index is 11.7. The van der Waals surface area contributed by atoms with E-state index in [1.54, 1.807) is 34.6 Å². The molecule has 0 saturated carbocycles. The van der Waals surface area contributed by atoms with Crippen LogP contribution >= 0.6 is 0 Å². The van der Waals surface area contributed by atoms with Crippen molar-refractivity contribution in [1.82, 2.24) is 4.98 Å². The van der Waals surface area contributed by atoms with E-state index in [4.69, 9.17) is 9.47 Å². The minimum atomic E-state index is -0.467. The summed E-state index contributed by atoms with van der Waals surface area (Å²) >= 11 is 0.